The zero-order valence-corrected chi connectivity index (χ0v) is 16.4. The molecule has 7 nitrogen and oxygen atoms in total. The molecule has 0 unspecified atom stereocenters. The Bertz CT molecular complexity index is 1270. The Kier molecular flexibility index (Phi) is 4.13. The van der Waals surface area contributed by atoms with E-state index in [0.717, 1.165) is 39.2 Å². The summed E-state index contributed by atoms with van der Waals surface area (Å²) >= 11 is 1.44. The number of hydrogen-bond donors (Lipinski definition) is 3. The van der Waals surface area contributed by atoms with Crippen LogP contribution >= 0.6 is 11.3 Å². The number of benzene rings is 2. The number of rotatable bonds is 3. The van der Waals surface area contributed by atoms with Gasteiger partial charge in [0.1, 0.15) is 0 Å². The van der Waals surface area contributed by atoms with Gasteiger partial charge in [-0.2, -0.15) is 5.10 Å². The second-order valence-corrected chi connectivity index (χ2v) is 8.14. The van der Waals surface area contributed by atoms with E-state index in [9.17, 15) is 9.59 Å². The zero-order valence-electron chi connectivity index (χ0n) is 15.6. The highest BCUT2D eigenvalue weighted by Gasteiger charge is 2.18. The Hall–Kier alpha value is -3.52. The molecule has 8 heteroatoms. The first kappa shape index (κ1) is 17.6. The summed E-state index contributed by atoms with van der Waals surface area (Å²) < 4.78 is 0. The summed E-state index contributed by atoms with van der Waals surface area (Å²) in [5, 5.41) is 14.1. The molecule has 3 heterocycles. The third kappa shape index (κ3) is 3.17. The molecule has 2 amide bonds. The van der Waals surface area contributed by atoms with E-state index < -0.39 is 0 Å². The lowest BCUT2D eigenvalue weighted by Gasteiger charge is -2.17. The number of H-pyrrole nitrogens is 1. The van der Waals surface area contributed by atoms with Crippen molar-refractivity contribution in [2.45, 2.75) is 19.8 Å². The number of nitrogens with zero attached hydrogens (tertiary/aromatic N) is 2. The molecule has 4 aromatic rings. The Morgan fingerprint density at radius 1 is 1.21 bits per heavy atom. The molecule has 0 spiro atoms. The molecule has 144 valence electrons. The molecule has 0 atom stereocenters. The quantitative estimate of drug-likeness (QED) is 0.479. The Balaban J connectivity index is 1.43. The maximum Gasteiger partial charge on any atom is 0.259 e. The standard InChI is InChI=1S/C21H17N5O2S/c1-11-18(13-5-7-16-12(9-13)6-8-17(27)23-16)24-21(29-11)25-20(28)15-4-2-3-14-10-22-26-19(14)15/h2-5,7,9-10H,6,8H2,1H3,(H,22,26)(H,23,27)(H,24,25,28). The van der Waals surface area contributed by atoms with Crippen molar-refractivity contribution in [1.29, 1.82) is 0 Å². The zero-order chi connectivity index (χ0) is 20.0. The SMILES string of the molecule is Cc1sc(NC(=O)c2cccc3cn[nH]c23)nc1-c1ccc2c(c1)CCC(=O)N2. The highest BCUT2D eigenvalue weighted by Crippen LogP contribution is 2.34. The first-order valence-corrected chi connectivity index (χ1v) is 10.0. The molecule has 0 bridgehead atoms. The highest BCUT2D eigenvalue weighted by atomic mass is 32.1. The molecular weight excluding hydrogens is 386 g/mol. The van der Waals surface area contributed by atoms with Gasteiger partial charge in [0, 0.05) is 27.9 Å². The maximum absolute atomic E-state index is 12.8. The van der Waals surface area contributed by atoms with Gasteiger partial charge in [-0.15, -0.1) is 11.3 Å². The van der Waals surface area contributed by atoms with Crippen LogP contribution in [0.25, 0.3) is 22.2 Å². The third-order valence-electron chi connectivity index (χ3n) is 5.01. The van der Waals surface area contributed by atoms with Crippen molar-refractivity contribution >= 4 is 44.9 Å². The minimum atomic E-state index is -0.228. The Morgan fingerprint density at radius 3 is 3.00 bits per heavy atom. The van der Waals surface area contributed by atoms with Gasteiger partial charge < -0.3 is 5.32 Å². The molecule has 1 aliphatic rings. The molecule has 5 rings (SSSR count). The van der Waals surface area contributed by atoms with E-state index in [2.05, 4.69) is 31.9 Å². The van der Waals surface area contributed by atoms with Gasteiger partial charge in [0.05, 0.1) is 23.0 Å². The van der Waals surface area contributed by atoms with Crippen LogP contribution in [0.3, 0.4) is 0 Å². The number of hydrogen-bond acceptors (Lipinski definition) is 5. The van der Waals surface area contributed by atoms with Crippen molar-refractivity contribution in [2.75, 3.05) is 10.6 Å². The number of fused-ring (bicyclic) bond motifs is 2. The fourth-order valence-electron chi connectivity index (χ4n) is 3.57. The van der Waals surface area contributed by atoms with Crippen LogP contribution in [-0.4, -0.2) is 27.0 Å². The highest BCUT2D eigenvalue weighted by molar-refractivity contribution is 7.16. The van der Waals surface area contributed by atoms with Crippen LogP contribution in [0.2, 0.25) is 0 Å². The van der Waals surface area contributed by atoms with Gasteiger partial charge in [-0.05, 0) is 37.1 Å². The van der Waals surface area contributed by atoms with Gasteiger partial charge in [0.25, 0.3) is 5.91 Å². The van der Waals surface area contributed by atoms with Gasteiger partial charge in [0.15, 0.2) is 5.13 Å². The summed E-state index contributed by atoms with van der Waals surface area (Å²) in [7, 11) is 0. The molecule has 0 fully saturated rings. The molecule has 0 radical (unpaired) electrons. The number of nitrogens with one attached hydrogen (secondary N) is 3. The summed E-state index contributed by atoms with van der Waals surface area (Å²) in [4.78, 5) is 30.0. The molecule has 2 aromatic carbocycles. The van der Waals surface area contributed by atoms with Gasteiger partial charge in [0.2, 0.25) is 5.91 Å². The predicted molar refractivity (Wildman–Crippen MR) is 113 cm³/mol. The molecule has 0 aliphatic carbocycles. The molecule has 3 N–H and O–H groups in total. The van der Waals surface area contributed by atoms with Crippen molar-refractivity contribution in [2.24, 2.45) is 0 Å². The van der Waals surface area contributed by atoms with Crippen molar-refractivity contribution in [3.63, 3.8) is 0 Å². The van der Waals surface area contributed by atoms with E-state index in [1.807, 2.05) is 31.2 Å². The number of carbonyl (C=O) groups excluding carboxylic acids is 2. The van der Waals surface area contributed by atoms with Gasteiger partial charge in [-0.3, -0.25) is 20.0 Å². The van der Waals surface area contributed by atoms with Crippen molar-refractivity contribution in [3.05, 3.63) is 58.6 Å². The van der Waals surface area contributed by atoms with Gasteiger partial charge in [-0.1, -0.05) is 18.2 Å². The van der Waals surface area contributed by atoms with Crippen LogP contribution < -0.4 is 10.6 Å². The van der Waals surface area contributed by atoms with E-state index in [0.29, 0.717) is 22.6 Å². The summed E-state index contributed by atoms with van der Waals surface area (Å²) in [6.45, 7) is 1.99. The minimum absolute atomic E-state index is 0.0485. The van der Waals surface area contributed by atoms with Crippen molar-refractivity contribution in [3.8, 4) is 11.3 Å². The normalized spacial score (nSPS) is 13.2. The Labute approximate surface area is 170 Å². The molecule has 2 aromatic heterocycles. The fraction of sp³-hybridized carbons (Fsp3) is 0.143. The first-order valence-electron chi connectivity index (χ1n) is 9.22. The lowest BCUT2D eigenvalue weighted by Crippen LogP contribution is -2.18. The van der Waals surface area contributed by atoms with Crippen LogP contribution in [0.5, 0.6) is 0 Å². The molecule has 0 saturated carbocycles. The van der Waals surface area contributed by atoms with Crippen LogP contribution in [0.1, 0.15) is 27.2 Å². The van der Waals surface area contributed by atoms with Crippen LogP contribution in [-0.2, 0) is 11.2 Å². The van der Waals surface area contributed by atoms with E-state index in [1.54, 1.807) is 12.3 Å². The van der Waals surface area contributed by atoms with Gasteiger partial charge in [-0.25, -0.2) is 4.98 Å². The number of aryl methyl sites for hydroxylation is 2. The number of anilines is 2. The summed E-state index contributed by atoms with van der Waals surface area (Å²) in [6, 6.07) is 11.4. The summed E-state index contributed by atoms with van der Waals surface area (Å²) in [5.74, 6) is -0.180. The maximum atomic E-state index is 12.8. The number of para-hydroxylation sites is 1. The molecule has 29 heavy (non-hydrogen) atoms. The average molecular weight is 403 g/mol. The summed E-state index contributed by atoms with van der Waals surface area (Å²) in [5.41, 5.74) is 5.01. The van der Waals surface area contributed by atoms with Gasteiger partial charge >= 0.3 is 0 Å². The summed E-state index contributed by atoms with van der Waals surface area (Å²) in [6.07, 6.45) is 2.90. The van der Waals surface area contributed by atoms with E-state index in [1.165, 1.54) is 11.3 Å². The van der Waals surface area contributed by atoms with Crippen LogP contribution in [0, 0.1) is 6.92 Å². The number of aromatic nitrogens is 3. The molecular formula is C21H17N5O2S. The van der Waals surface area contributed by atoms with Crippen molar-refractivity contribution in [1.82, 2.24) is 15.2 Å². The van der Waals surface area contributed by atoms with Crippen LogP contribution in [0.15, 0.2) is 42.6 Å². The topological polar surface area (TPSA) is 99.8 Å². The van der Waals surface area contributed by atoms with Crippen LogP contribution in [0.4, 0.5) is 10.8 Å². The third-order valence-corrected chi connectivity index (χ3v) is 5.90. The van der Waals surface area contributed by atoms with Crippen molar-refractivity contribution < 1.29 is 9.59 Å². The number of carbonyl (C=O) groups is 2. The second kappa shape index (κ2) is 6.82. The lowest BCUT2D eigenvalue weighted by atomic mass is 9.99. The smallest absolute Gasteiger partial charge is 0.259 e. The Morgan fingerprint density at radius 2 is 2.10 bits per heavy atom. The molecule has 0 saturated heterocycles. The predicted octanol–water partition coefficient (Wildman–Crippen LogP) is 4.13. The number of amides is 2. The second-order valence-electron chi connectivity index (χ2n) is 6.94. The number of thiazole rings is 1. The van der Waals surface area contributed by atoms with E-state index >= 15 is 0 Å². The lowest BCUT2D eigenvalue weighted by molar-refractivity contribution is -0.116. The first-order chi connectivity index (χ1) is 14.1. The monoisotopic (exact) mass is 403 g/mol. The minimum Gasteiger partial charge on any atom is -0.326 e. The molecule has 1 aliphatic heterocycles. The van der Waals surface area contributed by atoms with E-state index in [4.69, 9.17) is 0 Å². The number of aromatic amines is 1. The largest absolute Gasteiger partial charge is 0.326 e. The average Bonchev–Trinajstić information content (AvgIpc) is 3.33. The fourth-order valence-corrected chi connectivity index (χ4v) is 4.40. The van der Waals surface area contributed by atoms with E-state index in [-0.39, 0.29) is 11.8 Å².